The Labute approximate surface area is 263 Å². The molecule has 10 nitrogen and oxygen atoms in total. The molecule has 0 bridgehead atoms. The summed E-state index contributed by atoms with van der Waals surface area (Å²) in [5.41, 5.74) is -2.80. The Morgan fingerprint density at radius 3 is 2.22 bits per heavy atom. The molecule has 0 saturated carbocycles. The fourth-order valence-corrected chi connectivity index (χ4v) is 6.03. The van der Waals surface area contributed by atoms with Crippen LogP contribution in [0.5, 0.6) is 0 Å². The van der Waals surface area contributed by atoms with Gasteiger partial charge in [0.1, 0.15) is 18.0 Å². The molecule has 1 saturated heterocycles. The minimum atomic E-state index is -1.26. The molecule has 5 rings (SSSR count). The lowest BCUT2D eigenvalue weighted by Gasteiger charge is -2.41. The van der Waals surface area contributed by atoms with Crippen LogP contribution in [0.15, 0.2) is 48.0 Å². The molecular formula is C33H32F3N7O3. The lowest BCUT2D eigenvalue weighted by atomic mass is 10.0. The van der Waals surface area contributed by atoms with E-state index < -0.39 is 51.6 Å². The monoisotopic (exact) mass is 631 g/mol. The molecule has 1 amide bonds. The fraction of sp³-hybridized carbons (Fsp3) is 0.333. The van der Waals surface area contributed by atoms with E-state index in [0.717, 1.165) is 28.8 Å². The van der Waals surface area contributed by atoms with Crippen molar-refractivity contribution in [2.45, 2.75) is 52.5 Å². The Balaban J connectivity index is 2.00. The number of fused-ring (bicyclic) bond motifs is 1. The van der Waals surface area contributed by atoms with Gasteiger partial charge in [0.25, 0.3) is 5.69 Å². The van der Waals surface area contributed by atoms with Gasteiger partial charge in [-0.25, -0.2) is 32.7 Å². The number of amides is 1. The second-order valence-corrected chi connectivity index (χ2v) is 11.8. The van der Waals surface area contributed by atoms with Crippen LogP contribution in [0, 0.1) is 29.2 Å². The number of benzene rings is 1. The predicted octanol–water partition coefficient (Wildman–Crippen LogP) is 5.52. The average molecular weight is 632 g/mol. The molecule has 4 aromatic rings. The second-order valence-electron chi connectivity index (χ2n) is 11.8. The molecule has 1 aromatic carbocycles. The van der Waals surface area contributed by atoms with Crippen molar-refractivity contribution in [2.75, 3.05) is 24.5 Å². The van der Waals surface area contributed by atoms with Crippen LogP contribution >= 0.6 is 0 Å². The van der Waals surface area contributed by atoms with Crippen molar-refractivity contribution in [3.05, 3.63) is 99.1 Å². The molecule has 4 heterocycles. The number of hydrogen-bond acceptors (Lipinski definition) is 6. The maximum atomic E-state index is 16.1. The molecule has 1 aliphatic heterocycles. The van der Waals surface area contributed by atoms with Gasteiger partial charge in [0.2, 0.25) is 5.91 Å². The smallest absolute Gasteiger partial charge is 0.349 e. The highest BCUT2D eigenvalue weighted by Gasteiger charge is 2.37. The number of nitrogens with zero attached hydrogens (tertiary/aromatic N) is 7. The van der Waals surface area contributed by atoms with E-state index in [9.17, 15) is 14.8 Å². The number of rotatable bonds is 6. The highest BCUT2D eigenvalue weighted by molar-refractivity contribution is 5.98. The van der Waals surface area contributed by atoms with Crippen LogP contribution in [0.2, 0.25) is 0 Å². The lowest BCUT2D eigenvalue weighted by Crippen LogP contribution is -2.54. The normalized spacial score (nSPS) is 15.1. The number of aromatic nitrogens is 4. The van der Waals surface area contributed by atoms with Crippen LogP contribution in [-0.4, -0.2) is 51.0 Å². The van der Waals surface area contributed by atoms with Gasteiger partial charge in [0, 0.05) is 25.7 Å². The molecule has 13 heteroatoms. The molecule has 238 valence electrons. The van der Waals surface area contributed by atoms with E-state index >= 15 is 13.2 Å². The van der Waals surface area contributed by atoms with Gasteiger partial charge in [-0.3, -0.25) is 9.59 Å². The minimum Gasteiger partial charge on any atom is -0.710 e. The van der Waals surface area contributed by atoms with Crippen LogP contribution in [0.25, 0.3) is 32.8 Å². The van der Waals surface area contributed by atoms with Crippen molar-refractivity contribution in [3.63, 3.8) is 0 Å². The van der Waals surface area contributed by atoms with Gasteiger partial charge in [-0.15, -0.1) is 0 Å². The molecule has 0 spiro atoms. The summed E-state index contributed by atoms with van der Waals surface area (Å²) in [6.07, 6.45) is 2.52. The lowest BCUT2D eigenvalue weighted by molar-refractivity contribution is -0.569. The van der Waals surface area contributed by atoms with Crippen molar-refractivity contribution in [1.29, 1.82) is 0 Å². The van der Waals surface area contributed by atoms with Crippen molar-refractivity contribution in [3.8, 4) is 16.9 Å². The van der Waals surface area contributed by atoms with Crippen LogP contribution in [0.4, 0.5) is 24.5 Å². The van der Waals surface area contributed by atoms with E-state index in [1.54, 1.807) is 16.7 Å². The molecule has 0 radical (unpaired) electrons. The van der Waals surface area contributed by atoms with E-state index in [4.69, 9.17) is 6.57 Å². The summed E-state index contributed by atoms with van der Waals surface area (Å²) in [7, 11) is 0. The summed E-state index contributed by atoms with van der Waals surface area (Å²) in [5.74, 6) is -4.52. The first kappa shape index (κ1) is 32.2. The summed E-state index contributed by atoms with van der Waals surface area (Å²) < 4.78 is 47.3. The molecule has 1 atom stereocenters. The number of anilines is 1. The van der Waals surface area contributed by atoms with Crippen molar-refractivity contribution in [2.24, 2.45) is 0 Å². The van der Waals surface area contributed by atoms with Crippen molar-refractivity contribution < 1.29 is 22.7 Å². The number of carbonyl (C=O) groups excluding carboxylic acids is 1. The Bertz CT molecular complexity index is 1960. The summed E-state index contributed by atoms with van der Waals surface area (Å²) in [4.78, 5) is 42.5. The largest absolute Gasteiger partial charge is 0.710 e. The topological polar surface area (TPSA) is 103 Å². The predicted molar refractivity (Wildman–Crippen MR) is 167 cm³/mol. The third kappa shape index (κ3) is 5.13. The third-order valence-corrected chi connectivity index (χ3v) is 8.14. The molecule has 0 aliphatic carbocycles. The van der Waals surface area contributed by atoms with Gasteiger partial charge in [0.15, 0.2) is 17.2 Å². The van der Waals surface area contributed by atoms with Crippen LogP contribution in [0.1, 0.15) is 57.8 Å². The number of hydrogen-bond donors (Lipinski definition) is 0. The van der Waals surface area contributed by atoms with Gasteiger partial charge in [-0.05, 0) is 43.0 Å². The van der Waals surface area contributed by atoms with Gasteiger partial charge in [-0.1, -0.05) is 40.3 Å². The molecule has 0 unspecified atom stereocenters. The average Bonchev–Trinajstić information content (AvgIpc) is 3.01. The van der Waals surface area contributed by atoms with Gasteiger partial charge in [-0.2, -0.15) is 4.57 Å². The Morgan fingerprint density at radius 2 is 1.70 bits per heavy atom. The van der Waals surface area contributed by atoms with Gasteiger partial charge >= 0.3 is 11.2 Å². The van der Waals surface area contributed by atoms with E-state index in [1.165, 1.54) is 12.4 Å². The summed E-state index contributed by atoms with van der Waals surface area (Å²) in [6.45, 7) is 21.2. The Hall–Kier alpha value is -5.25. The molecular weight excluding hydrogens is 599 g/mol. The molecule has 3 aromatic heterocycles. The van der Waals surface area contributed by atoms with Crippen LogP contribution in [0.3, 0.4) is 0 Å². The SMILES string of the molecule is [C-]#[N+]c1c(N2CCN(C(=O)C=C)C[C@@H]2C)c2cc(F)c(-c3c(F)cccc3F)[n+]([O-])c2n(-c2c(C(C)C)ncnc2C(C)C)c1=O. The molecule has 1 fully saturated rings. The quantitative estimate of drug-likeness (QED) is 0.120. The van der Waals surface area contributed by atoms with Gasteiger partial charge in [0.05, 0.1) is 34.6 Å². The number of piperazine rings is 1. The summed E-state index contributed by atoms with van der Waals surface area (Å²) >= 11 is 0. The zero-order chi connectivity index (χ0) is 33.6. The maximum Gasteiger partial charge on any atom is 0.349 e. The van der Waals surface area contributed by atoms with Crippen LogP contribution < -0.4 is 15.2 Å². The highest BCUT2D eigenvalue weighted by atomic mass is 19.1. The summed E-state index contributed by atoms with van der Waals surface area (Å²) in [5, 5.41) is 14.3. The fourth-order valence-electron chi connectivity index (χ4n) is 6.03. The maximum absolute atomic E-state index is 16.1. The number of halogens is 3. The number of carbonyl (C=O) groups is 1. The van der Waals surface area contributed by atoms with E-state index in [0.29, 0.717) is 11.4 Å². The third-order valence-electron chi connectivity index (χ3n) is 8.14. The molecule has 0 N–H and O–H groups in total. The Kier molecular flexibility index (Phi) is 8.58. The van der Waals surface area contributed by atoms with Crippen molar-refractivity contribution in [1.82, 2.24) is 19.4 Å². The van der Waals surface area contributed by atoms with Crippen molar-refractivity contribution >= 4 is 28.3 Å². The van der Waals surface area contributed by atoms with E-state index in [-0.39, 0.29) is 58.9 Å². The first-order valence-corrected chi connectivity index (χ1v) is 14.7. The Morgan fingerprint density at radius 1 is 1.09 bits per heavy atom. The zero-order valence-electron chi connectivity index (χ0n) is 26.0. The number of pyridine rings is 2. The van der Waals surface area contributed by atoms with Crippen LogP contribution in [-0.2, 0) is 4.79 Å². The zero-order valence-corrected chi connectivity index (χ0v) is 26.0. The van der Waals surface area contributed by atoms with E-state index in [2.05, 4.69) is 21.4 Å². The minimum absolute atomic E-state index is 0.00809. The molecule has 46 heavy (non-hydrogen) atoms. The first-order chi connectivity index (χ1) is 21.8. The standard InChI is InChI=1S/C33H32F3N7O3/c1-8-24(44)40-12-13-41(19(6)15-40)29-20-14-23(36)30(25-21(34)10-9-11-22(25)35)43(46)32(20)42(33(45)28(29)37-7)31-26(17(2)3)38-16-39-27(31)18(4)5/h8-11,14,16-19H,1,12-13,15H2,2-6H3/t19-/m0/s1. The van der Waals surface area contributed by atoms with E-state index in [1.807, 2.05) is 27.7 Å². The summed E-state index contributed by atoms with van der Waals surface area (Å²) in [6, 6.07) is 3.31. The van der Waals surface area contributed by atoms with Gasteiger partial charge < -0.3 is 15.0 Å². The highest BCUT2D eigenvalue weighted by Crippen LogP contribution is 2.40. The second kappa shape index (κ2) is 12.3. The first-order valence-electron chi connectivity index (χ1n) is 14.7. The molecule has 1 aliphatic rings.